The molecule has 1 aromatic rings. The molecule has 0 aliphatic heterocycles. The molecule has 0 aliphatic rings. The van der Waals surface area contributed by atoms with Gasteiger partial charge in [-0.05, 0) is 50.3 Å². The van der Waals surface area contributed by atoms with Gasteiger partial charge in [0.1, 0.15) is 5.76 Å². The SMILES string of the molecule is CCCN(CCC)C(=O)CCCC(=O)N[C@@H](Cc1ccco1)[C@H](O)CNCCC(C)C. The van der Waals surface area contributed by atoms with Crippen LogP contribution in [0.4, 0.5) is 0 Å². The molecule has 2 atom stereocenters. The van der Waals surface area contributed by atoms with E-state index in [4.69, 9.17) is 4.42 Å². The molecule has 3 N–H and O–H groups in total. The van der Waals surface area contributed by atoms with E-state index in [1.807, 2.05) is 11.0 Å². The Labute approximate surface area is 188 Å². The number of nitrogens with zero attached hydrogens (tertiary/aromatic N) is 1. The largest absolute Gasteiger partial charge is 0.469 e. The molecule has 0 bridgehead atoms. The van der Waals surface area contributed by atoms with Crippen molar-refractivity contribution in [3.05, 3.63) is 24.2 Å². The van der Waals surface area contributed by atoms with Crippen LogP contribution in [0.2, 0.25) is 0 Å². The van der Waals surface area contributed by atoms with E-state index in [0.717, 1.165) is 44.7 Å². The number of rotatable bonds is 17. The van der Waals surface area contributed by atoms with Crippen LogP contribution in [-0.2, 0) is 16.0 Å². The first-order chi connectivity index (χ1) is 14.9. The Morgan fingerprint density at radius 3 is 2.45 bits per heavy atom. The number of hydrogen-bond donors (Lipinski definition) is 3. The van der Waals surface area contributed by atoms with Gasteiger partial charge >= 0.3 is 0 Å². The van der Waals surface area contributed by atoms with Gasteiger partial charge in [-0.1, -0.05) is 27.7 Å². The van der Waals surface area contributed by atoms with E-state index in [-0.39, 0.29) is 18.2 Å². The zero-order chi connectivity index (χ0) is 23.1. The molecular weight excluding hydrogens is 394 g/mol. The van der Waals surface area contributed by atoms with Crippen molar-refractivity contribution in [2.45, 2.75) is 84.8 Å². The first-order valence-corrected chi connectivity index (χ1v) is 11.9. The van der Waals surface area contributed by atoms with Gasteiger partial charge in [0.25, 0.3) is 0 Å². The van der Waals surface area contributed by atoms with Gasteiger partial charge in [-0.3, -0.25) is 9.59 Å². The third kappa shape index (κ3) is 11.9. The Hall–Kier alpha value is -1.86. The summed E-state index contributed by atoms with van der Waals surface area (Å²) in [6.45, 7) is 11.2. The molecule has 0 aromatic carbocycles. The van der Waals surface area contributed by atoms with Gasteiger partial charge in [0.05, 0.1) is 18.4 Å². The number of amides is 2. The monoisotopic (exact) mass is 437 g/mol. The van der Waals surface area contributed by atoms with E-state index in [1.54, 1.807) is 12.3 Å². The third-order valence-electron chi connectivity index (χ3n) is 5.20. The summed E-state index contributed by atoms with van der Waals surface area (Å²) in [5.41, 5.74) is 0. The minimum absolute atomic E-state index is 0.109. The van der Waals surface area contributed by atoms with E-state index in [0.29, 0.717) is 31.7 Å². The van der Waals surface area contributed by atoms with E-state index in [1.165, 1.54) is 0 Å². The average Bonchev–Trinajstić information content (AvgIpc) is 3.23. The summed E-state index contributed by atoms with van der Waals surface area (Å²) in [7, 11) is 0. The number of aliphatic hydroxyl groups excluding tert-OH is 1. The van der Waals surface area contributed by atoms with Gasteiger partial charge in [-0.2, -0.15) is 0 Å². The normalized spacial score (nSPS) is 13.2. The Kier molecular flexibility index (Phi) is 13.9. The summed E-state index contributed by atoms with van der Waals surface area (Å²) in [5, 5.41) is 16.9. The topological polar surface area (TPSA) is 94.8 Å². The maximum Gasteiger partial charge on any atom is 0.222 e. The van der Waals surface area contributed by atoms with Crippen LogP contribution >= 0.6 is 0 Å². The van der Waals surface area contributed by atoms with Crippen molar-refractivity contribution in [2.24, 2.45) is 5.92 Å². The standard InChI is InChI=1S/C24H43N3O4/c1-5-14-27(15-6-2)24(30)11-7-10-23(29)26-21(17-20-9-8-16-31-20)22(28)18-25-13-12-19(3)4/h8-9,16,19,21-22,25,28H,5-7,10-15,17-18H2,1-4H3,(H,26,29)/t21-,22+/m0/s1. The lowest BCUT2D eigenvalue weighted by atomic mass is 10.0. The molecule has 0 saturated carbocycles. The molecule has 2 amide bonds. The molecule has 0 radical (unpaired) electrons. The number of hydrogen-bond acceptors (Lipinski definition) is 5. The molecule has 31 heavy (non-hydrogen) atoms. The van der Waals surface area contributed by atoms with Crippen molar-refractivity contribution in [1.29, 1.82) is 0 Å². The van der Waals surface area contributed by atoms with Crippen molar-refractivity contribution >= 4 is 11.8 Å². The maximum absolute atomic E-state index is 12.5. The van der Waals surface area contributed by atoms with Crippen LogP contribution in [0, 0.1) is 5.92 Å². The lowest BCUT2D eigenvalue weighted by molar-refractivity contribution is -0.131. The summed E-state index contributed by atoms with van der Waals surface area (Å²) in [6.07, 6.45) is 5.32. The molecule has 0 unspecified atom stereocenters. The quantitative estimate of drug-likeness (QED) is 0.326. The second-order valence-corrected chi connectivity index (χ2v) is 8.65. The first-order valence-electron chi connectivity index (χ1n) is 11.9. The molecule has 7 nitrogen and oxygen atoms in total. The maximum atomic E-state index is 12.5. The van der Waals surface area contributed by atoms with Crippen molar-refractivity contribution < 1.29 is 19.1 Å². The van der Waals surface area contributed by atoms with Gasteiger partial charge in [-0.15, -0.1) is 0 Å². The van der Waals surface area contributed by atoms with Crippen LogP contribution < -0.4 is 10.6 Å². The predicted molar refractivity (Wildman–Crippen MR) is 124 cm³/mol. The second kappa shape index (κ2) is 15.9. The zero-order valence-electron chi connectivity index (χ0n) is 19.9. The fourth-order valence-electron chi connectivity index (χ4n) is 3.45. The van der Waals surface area contributed by atoms with Gasteiger partial charge in [0, 0.05) is 38.9 Å². The fourth-order valence-corrected chi connectivity index (χ4v) is 3.45. The molecule has 0 aliphatic carbocycles. The Balaban J connectivity index is 2.51. The average molecular weight is 438 g/mol. The highest BCUT2D eigenvalue weighted by Crippen LogP contribution is 2.09. The van der Waals surface area contributed by atoms with E-state index >= 15 is 0 Å². The van der Waals surface area contributed by atoms with Gasteiger partial charge in [0.2, 0.25) is 11.8 Å². The molecule has 0 fully saturated rings. The molecule has 178 valence electrons. The van der Waals surface area contributed by atoms with E-state index < -0.39 is 12.1 Å². The smallest absolute Gasteiger partial charge is 0.222 e. The number of furan rings is 1. The van der Waals surface area contributed by atoms with E-state index in [2.05, 4.69) is 38.3 Å². The number of carbonyl (C=O) groups excluding carboxylic acids is 2. The number of nitrogens with one attached hydrogen (secondary N) is 2. The van der Waals surface area contributed by atoms with Gasteiger partial charge in [-0.25, -0.2) is 0 Å². The van der Waals surface area contributed by atoms with Crippen LogP contribution in [-0.4, -0.2) is 60.1 Å². The molecule has 1 aromatic heterocycles. The summed E-state index contributed by atoms with van der Waals surface area (Å²) >= 11 is 0. The fraction of sp³-hybridized carbons (Fsp3) is 0.750. The third-order valence-corrected chi connectivity index (χ3v) is 5.20. The number of aliphatic hydroxyl groups is 1. The zero-order valence-corrected chi connectivity index (χ0v) is 19.9. The molecule has 1 heterocycles. The Bertz CT molecular complexity index is 598. The molecular formula is C24H43N3O4. The number of carbonyl (C=O) groups is 2. The molecule has 1 rings (SSSR count). The summed E-state index contributed by atoms with van der Waals surface area (Å²) < 4.78 is 5.40. The minimum Gasteiger partial charge on any atom is -0.469 e. The van der Waals surface area contributed by atoms with Crippen molar-refractivity contribution in [3.63, 3.8) is 0 Å². The molecule has 0 spiro atoms. The Morgan fingerprint density at radius 1 is 1.16 bits per heavy atom. The molecule has 7 heteroatoms. The minimum atomic E-state index is -0.729. The van der Waals surface area contributed by atoms with Crippen molar-refractivity contribution in [1.82, 2.24) is 15.5 Å². The van der Waals surface area contributed by atoms with Gasteiger partial charge < -0.3 is 25.1 Å². The van der Waals surface area contributed by atoms with Crippen LogP contribution in [0.1, 0.15) is 72.0 Å². The summed E-state index contributed by atoms with van der Waals surface area (Å²) in [5.74, 6) is 1.27. The highest BCUT2D eigenvalue weighted by molar-refractivity contribution is 5.79. The first kappa shape index (κ1) is 27.2. The van der Waals surface area contributed by atoms with Crippen molar-refractivity contribution in [3.8, 4) is 0 Å². The Morgan fingerprint density at radius 2 is 1.87 bits per heavy atom. The lowest BCUT2D eigenvalue weighted by Crippen LogP contribution is -2.48. The van der Waals surface area contributed by atoms with Crippen molar-refractivity contribution in [2.75, 3.05) is 26.2 Å². The molecule has 0 saturated heterocycles. The van der Waals surface area contributed by atoms with Gasteiger partial charge in [0.15, 0.2) is 0 Å². The summed E-state index contributed by atoms with van der Waals surface area (Å²) in [4.78, 5) is 26.8. The summed E-state index contributed by atoms with van der Waals surface area (Å²) in [6, 6.07) is 3.19. The van der Waals surface area contributed by atoms with E-state index in [9.17, 15) is 14.7 Å². The van der Waals surface area contributed by atoms with Crippen LogP contribution in [0.5, 0.6) is 0 Å². The van der Waals surface area contributed by atoms with Crippen LogP contribution in [0.3, 0.4) is 0 Å². The predicted octanol–water partition coefficient (Wildman–Crippen LogP) is 3.12. The van der Waals surface area contributed by atoms with Crippen LogP contribution in [0.15, 0.2) is 22.8 Å². The second-order valence-electron chi connectivity index (χ2n) is 8.65. The highest BCUT2D eigenvalue weighted by atomic mass is 16.3. The lowest BCUT2D eigenvalue weighted by Gasteiger charge is -2.24. The highest BCUT2D eigenvalue weighted by Gasteiger charge is 2.23. The van der Waals surface area contributed by atoms with Crippen LogP contribution in [0.25, 0.3) is 0 Å².